The van der Waals surface area contributed by atoms with E-state index < -0.39 is 23.6 Å². The summed E-state index contributed by atoms with van der Waals surface area (Å²) in [6, 6.07) is -0.796. The van der Waals surface area contributed by atoms with Gasteiger partial charge in [0.1, 0.15) is 11.6 Å². The van der Waals surface area contributed by atoms with Crippen molar-refractivity contribution >= 4 is 12.0 Å². The molecule has 0 aliphatic rings. The van der Waals surface area contributed by atoms with Crippen LogP contribution in [0.15, 0.2) is 0 Å². The maximum absolute atomic E-state index is 11.5. The second kappa shape index (κ2) is 6.44. The van der Waals surface area contributed by atoms with Crippen molar-refractivity contribution in [2.45, 2.75) is 52.7 Å². The van der Waals surface area contributed by atoms with Crippen LogP contribution in [0.4, 0.5) is 4.79 Å². The van der Waals surface area contributed by atoms with Gasteiger partial charge in [0, 0.05) is 0 Å². The van der Waals surface area contributed by atoms with Gasteiger partial charge in [0.05, 0.1) is 0 Å². The van der Waals surface area contributed by atoms with Crippen LogP contribution in [0.1, 0.15) is 41.0 Å². The van der Waals surface area contributed by atoms with Crippen LogP contribution in [0.2, 0.25) is 0 Å². The predicted molar refractivity (Wildman–Crippen MR) is 62.5 cm³/mol. The van der Waals surface area contributed by atoms with Gasteiger partial charge in [-0.3, -0.25) is 10.0 Å². The Kier molecular flexibility index (Phi) is 5.95. The van der Waals surface area contributed by atoms with E-state index >= 15 is 0 Å². The molecule has 0 rings (SSSR count). The monoisotopic (exact) mass is 246 g/mol. The summed E-state index contributed by atoms with van der Waals surface area (Å²) in [4.78, 5) is 22.8. The van der Waals surface area contributed by atoms with Crippen LogP contribution in [-0.2, 0) is 9.53 Å². The van der Waals surface area contributed by atoms with Gasteiger partial charge in [0.2, 0.25) is 0 Å². The number of ether oxygens (including phenoxy) is 1. The zero-order chi connectivity index (χ0) is 13.6. The molecule has 0 fully saturated rings. The summed E-state index contributed by atoms with van der Waals surface area (Å²) in [6.07, 6.45) is -0.252. The van der Waals surface area contributed by atoms with Gasteiger partial charge in [-0.15, -0.1) is 0 Å². The molecule has 6 heteroatoms. The molecule has 0 aromatic carbocycles. The summed E-state index contributed by atoms with van der Waals surface area (Å²) in [5.41, 5.74) is 0.907. The Bertz CT molecular complexity index is 271. The number of hydroxylamine groups is 1. The van der Waals surface area contributed by atoms with Crippen molar-refractivity contribution in [1.29, 1.82) is 0 Å². The lowest BCUT2D eigenvalue weighted by atomic mass is 10.0. The van der Waals surface area contributed by atoms with Crippen LogP contribution in [-0.4, -0.2) is 28.9 Å². The highest BCUT2D eigenvalue weighted by Crippen LogP contribution is 2.09. The van der Waals surface area contributed by atoms with Crippen molar-refractivity contribution in [3.05, 3.63) is 0 Å². The molecule has 0 saturated heterocycles. The van der Waals surface area contributed by atoms with Gasteiger partial charge < -0.3 is 10.1 Å². The standard InChI is InChI=1S/C11H22N2O4/c1-7(2)6-8(9(14)13-16)12-10(15)17-11(3,4)5/h7-8,16H,6H2,1-5H3,(H,12,15)(H,13,14). The van der Waals surface area contributed by atoms with E-state index in [2.05, 4.69) is 5.32 Å². The van der Waals surface area contributed by atoms with E-state index in [0.717, 1.165) is 0 Å². The lowest BCUT2D eigenvalue weighted by Crippen LogP contribution is -2.48. The molecule has 0 radical (unpaired) electrons. The number of nitrogens with one attached hydrogen (secondary N) is 2. The first-order valence-electron chi connectivity index (χ1n) is 5.59. The first-order valence-corrected chi connectivity index (χ1v) is 5.59. The van der Waals surface area contributed by atoms with Crippen LogP contribution in [0, 0.1) is 5.92 Å². The average molecular weight is 246 g/mol. The fourth-order valence-electron chi connectivity index (χ4n) is 1.23. The number of hydrogen-bond donors (Lipinski definition) is 3. The third-order valence-electron chi connectivity index (χ3n) is 1.82. The molecule has 1 unspecified atom stereocenters. The SMILES string of the molecule is CC(C)CC(NC(=O)OC(C)(C)C)C(=O)NO. The Morgan fingerprint density at radius 1 is 1.29 bits per heavy atom. The largest absolute Gasteiger partial charge is 0.444 e. The van der Waals surface area contributed by atoms with Crippen LogP contribution in [0.5, 0.6) is 0 Å². The van der Waals surface area contributed by atoms with Crippen LogP contribution >= 0.6 is 0 Å². The molecule has 0 heterocycles. The minimum atomic E-state index is -0.796. The summed E-state index contributed by atoms with van der Waals surface area (Å²) in [5, 5.41) is 11.0. The van der Waals surface area contributed by atoms with Crippen LogP contribution < -0.4 is 10.8 Å². The molecule has 100 valence electrons. The first kappa shape index (κ1) is 15.7. The topological polar surface area (TPSA) is 87.7 Å². The zero-order valence-corrected chi connectivity index (χ0v) is 11.0. The van der Waals surface area contributed by atoms with Crippen molar-refractivity contribution in [1.82, 2.24) is 10.8 Å². The van der Waals surface area contributed by atoms with E-state index in [0.29, 0.717) is 6.42 Å². The van der Waals surface area contributed by atoms with Gasteiger partial charge >= 0.3 is 6.09 Å². The molecule has 6 nitrogen and oxygen atoms in total. The van der Waals surface area contributed by atoms with Gasteiger partial charge in [-0.25, -0.2) is 10.3 Å². The Balaban J connectivity index is 4.43. The second-order valence-corrected chi connectivity index (χ2v) is 5.30. The zero-order valence-electron chi connectivity index (χ0n) is 11.0. The number of rotatable bonds is 4. The Labute approximate surface area is 102 Å². The summed E-state index contributed by atoms with van der Waals surface area (Å²) in [6.45, 7) is 9.02. The van der Waals surface area contributed by atoms with Crippen molar-refractivity contribution in [2.75, 3.05) is 0 Å². The van der Waals surface area contributed by atoms with E-state index in [1.165, 1.54) is 5.48 Å². The maximum atomic E-state index is 11.5. The summed E-state index contributed by atoms with van der Waals surface area (Å²) < 4.78 is 5.03. The van der Waals surface area contributed by atoms with Gasteiger partial charge in [-0.2, -0.15) is 0 Å². The molecule has 0 aliphatic heterocycles. The predicted octanol–water partition coefficient (Wildman–Crippen LogP) is 1.43. The molecule has 0 aromatic rings. The van der Waals surface area contributed by atoms with Crippen molar-refractivity contribution in [2.24, 2.45) is 5.92 Å². The third kappa shape index (κ3) is 7.57. The van der Waals surface area contributed by atoms with Crippen LogP contribution in [0.25, 0.3) is 0 Å². The Morgan fingerprint density at radius 3 is 2.18 bits per heavy atom. The molecule has 17 heavy (non-hydrogen) atoms. The number of amides is 2. The molecule has 3 N–H and O–H groups in total. The average Bonchev–Trinajstić information content (AvgIpc) is 2.11. The quantitative estimate of drug-likeness (QED) is 0.517. The summed E-state index contributed by atoms with van der Waals surface area (Å²) in [5.74, 6) is -0.447. The molecule has 0 aromatic heterocycles. The van der Waals surface area contributed by atoms with Gasteiger partial charge in [0.25, 0.3) is 5.91 Å². The smallest absolute Gasteiger partial charge is 0.408 e. The lowest BCUT2D eigenvalue weighted by molar-refractivity contribution is -0.131. The molecule has 0 bridgehead atoms. The van der Waals surface area contributed by atoms with Gasteiger partial charge in [-0.1, -0.05) is 13.8 Å². The summed E-state index contributed by atoms with van der Waals surface area (Å²) >= 11 is 0. The fraction of sp³-hybridized carbons (Fsp3) is 0.818. The fourth-order valence-corrected chi connectivity index (χ4v) is 1.23. The molecule has 1 atom stereocenters. The minimum absolute atomic E-state index is 0.201. The minimum Gasteiger partial charge on any atom is -0.444 e. The number of carbonyl (C=O) groups is 2. The van der Waals surface area contributed by atoms with Gasteiger partial charge in [-0.05, 0) is 33.1 Å². The molecular formula is C11H22N2O4. The number of alkyl carbamates (subject to hydrolysis) is 1. The van der Waals surface area contributed by atoms with E-state index in [4.69, 9.17) is 9.94 Å². The highest BCUT2D eigenvalue weighted by atomic mass is 16.6. The summed E-state index contributed by atoms with van der Waals surface area (Å²) in [7, 11) is 0. The molecule has 0 spiro atoms. The van der Waals surface area contributed by atoms with E-state index in [1.807, 2.05) is 13.8 Å². The maximum Gasteiger partial charge on any atom is 0.408 e. The van der Waals surface area contributed by atoms with Crippen molar-refractivity contribution in [3.63, 3.8) is 0 Å². The number of hydrogen-bond acceptors (Lipinski definition) is 4. The normalized spacial score (nSPS) is 13.1. The third-order valence-corrected chi connectivity index (χ3v) is 1.82. The van der Waals surface area contributed by atoms with Crippen molar-refractivity contribution < 1.29 is 19.5 Å². The second-order valence-electron chi connectivity index (χ2n) is 5.30. The van der Waals surface area contributed by atoms with E-state index in [9.17, 15) is 9.59 Å². The molecular weight excluding hydrogens is 224 g/mol. The first-order chi connectivity index (χ1) is 7.65. The molecule has 0 aliphatic carbocycles. The Hall–Kier alpha value is -1.30. The number of carbonyl (C=O) groups excluding carboxylic acids is 2. The Morgan fingerprint density at radius 2 is 1.82 bits per heavy atom. The van der Waals surface area contributed by atoms with E-state index in [1.54, 1.807) is 20.8 Å². The molecule has 2 amide bonds. The van der Waals surface area contributed by atoms with E-state index in [-0.39, 0.29) is 5.92 Å². The molecule has 0 saturated carbocycles. The highest BCUT2D eigenvalue weighted by molar-refractivity contribution is 5.84. The van der Waals surface area contributed by atoms with Crippen LogP contribution in [0.3, 0.4) is 0 Å². The lowest BCUT2D eigenvalue weighted by Gasteiger charge is -2.23. The van der Waals surface area contributed by atoms with Gasteiger partial charge in [0.15, 0.2) is 0 Å². The van der Waals surface area contributed by atoms with Crippen molar-refractivity contribution in [3.8, 4) is 0 Å². The highest BCUT2D eigenvalue weighted by Gasteiger charge is 2.24.